The fourth-order valence-electron chi connectivity index (χ4n) is 2.47. The van der Waals surface area contributed by atoms with E-state index in [-0.39, 0.29) is 35.4 Å². The molecule has 0 aromatic heterocycles. The molecule has 4 atom stereocenters. The van der Waals surface area contributed by atoms with Gasteiger partial charge in [-0.05, 0) is 45.3 Å². The van der Waals surface area contributed by atoms with Crippen LogP contribution in [0.5, 0.6) is 0 Å². The molecule has 1 aliphatic rings. The molecule has 0 bridgehead atoms. The number of rotatable bonds is 4. The third-order valence-electron chi connectivity index (χ3n) is 4.70. The molecule has 126 valence electrons. The highest BCUT2D eigenvalue weighted by Gasteiger charge is 2.49. The molecule has 2 N–H and O–H groups in total. The molecule has 0 saturated heterocycles. The van der Waals surface area contributed by atoms with Crippen LogP contribution in [0.1, 0.15) is 48.0 Å². The Morgan fingerprint density at radius 2 is 1.62 bits per heavy atom. The first-order valence-electron chi connectivity index (χ1n) is 7.93. The molecule has 1 rings (SSSR count). The van der Waals surface area contributed by atoms with E-state index in [0.29, 0.717) is 6.42 Å². The zero-order valence-corrected chi connectivity index (χ0v) is 15.9. The van der Waals surface area contributed by atoms with E-state index in [1.807, 2.05) is 20.8 Å². The van der Waals surface area contributed by atoms with Gasteiger partial charge in [0.1, 0.15) is 0 Å². The van der Waals surface area contributed by atoms with E-state index in [0.717, 1.165) is 0 Å². The van der Waals surface area contributed by atoms with Gasteiger partial charge in [0.2, 0.25) is 0 Å². The predicted molar refractivity (Wildman–Crippen MR) is 87.9 cm³/mol. The summed E-state index contributed by atoms with van der Waals surface area (Å²) in [5, 5.41) is 20.1. The molecule has 1 fully saturated rings. The number of ether oxygens (including phenoxy) is 1. The van der Waals surface area contributed by atoms with Gasteiger partial charge >= 0.3 is 0 Å². The van der Waals surface area contributed by atoms with Gasteiger partial charge in [-0.25, -0.2) is 0 Å². The Hall–Kier alpha value is 0.0569. The minimum atomic E-state index is -1.99. The van der Waals surface area contributed by atoms with E-state index in [1.165, 1.54) is 0 Å². The Balaban J connectivity index is 2.93. The van der Waals surface area contributed by atoms with Gasteiger partial charge in [0.05, 0.1) is 23.9 Å². The van der Waals surface area contributed by atoms with Crippen molar-refractivity contribution >= 4 is 8.32 Å². The normalized spacial score (nSPS) is 31.7. The van der Waals surface area contributed by atoms with Crippen molar-refractivity contribution in [3.8, 4) is 0 Å². The zero-order chi connectivity index (χ0) is 16.6. The van der Waals surface area contributed by atoms with Crippen LogP contribution in [0.15, 0.2) is 0 Å². The largest absolute Gasteiger partial charge is 0.409 e. The second-order valence-electron chi connectivity index (χ2n) is 8.78. The lowest BCUT2D eigenvalue weighted by atomic mass is 10.1. The highest BCUT2D eigenvalue weighted by molar-refractivity contribution is 6.74. The van der Waals surface area contributed by atoms with Crippen LogP contribution in [0.2, 0.25) is 18.1 Å². The summed E-state index contributed by atoms with van der Waals surface area (Å²) in [5.74, 6) is -0.160. The maximum atomic E-state index is 10.5. The topological polar surface area (TPSA) is 58.9 Å². The molecule has 0 aromatic carbocycles. The Kier molecular flexibility index (Phi) is 5.71. The number of hydrogen-bond acceptors (Lipinski definition) is 4. The Morgan fingerprint density at radius 3 is 2.00 bits per heavy atom. The summed E-state index contributed by atoms with van der Waals surface area (Å²) in [6.07, 6.45) is -0.515. The van der Waals surface area contributed by atoms with Gasteiger partial charge in [0, 0.05) is 12.5 Å². The van der Waals surface area contributed by atoms with Crippen molar-refractivity contribution in [1.82, 2.24) is 0 Å². The van der Waals surface area contributed by atoms with E-state index < -0.39 is 14.4 Å². The van der Waals surface area contributed by atoms with Crippen LogP contribution in [0, 0.1) is 5.92 Å². The highest BCUT2D eigenvalue weighted by Crippen LogP contribution is 2.41. The fraction of sp³-hybridized carbons (Fsp3) is 1.00. The standard InChI is InChI=1S/C16H34O4Si/c1-15(2,3)19-12-9-11(10-17)13(18)14(12)20-21(7,8)16(4,5)6/h11-14,17-18H,9-10H2,1-8H3/t11-,12-,13+,14+/m1/s1. The van der Waals surface area contributed by atoms with E-state index in [2.05, 4.69) is 33.9 Å². The van der Waals surface area contributed by atoms with Gasteiger partial charge in [-0.2, -0.15) is 0 Å². The molecule has 0 aliphatic heterocycles. The monoisotopic (exact) mass is 318 g/mol. The van der Waals surface area contributed by atoms with E-state index in [9.17, 15) is 10.2 Å². The van der Waals surface area contributed by atoms with Gasteiger partial charge in [-0.3, -0.25) is 0 Å². The summed E-state index contributed by atoms with van der Waals surface area (Å²) in [4.78, 5) is 0. The molecule has 1 aliphatic carbocycles. The Bertz CT molecular complexity index is 343. The van der Waals surface area contributed by atoms with E-state index in [4.69, 9.17) is 9.16 Å². The van der Waals surface area contributed by atoms with Gasteiger partial charge in [0.25, 0.3) is 0 Å². The molecule has 0 aromatic rings. The molecule has 5 heteroatoms. The van der Waals surface area contributed by atoms with Crippen molar-refractivity contribution < 1.29 is 19.4 Å². The van der Waals surface area contributed by atoms with Crippen molar-refractivity contribution in [2.24, 2.45) is 5.92 Å². The van der Waals surface area contributed by atoms with Crippen LogP contribution < -0.4 is 0 Å². The van der Waals surface area contributed by atoms with Crippen molar-refractivity contribution in [3.63, 3.8) is 0 Å². The summed E-state index contributed by atoms with van der Waals surface area (Å²) in [5.41, 5.74) is -0.288. The lowest BCUT2D eigenvalue weighted by molar-refractivity contribution is -0.109. The summed E-state index contributed by atoms with van der Waals surface area (Å²) in [6.45, 7) is 16.9. The lowest BCUT2D eigenvalue weighted by Gasteiger charge is -2.41. The molecule has 21 heavy (non-hydrogen) atoms. The molecule has 0 amide bonds. The van der Waals surface area contributed by atoms with Crippen LogP contribution in [-0.2, 0) is 9.16 Å². The first-order valence-corrected chi connectivity index (χ1v) is 10.8. The van der Waals surface area contributed by atoms with Crippen LogP contribution in [0.3, 0.4) is 0 Å². The average molecular weight is 319 g/mol. The van der Waals surface area contributed by atoms with Gasteiger partial charge < -0.3 is 19.4 Å². The molecule has 4 nitrogen and oxygen atoms in total. The number of aliphatic hydroxyl groups excluding tert-OH is 2. The first kappa shape index (κ1) is 19.1. The van der Waals surface area contributed by atoms with Crippen molar-refractivity contribution in [1.29, 1.82) is 0 Å². The molecule has 0 heterocycles. The second-order valence-corrected chi connectivity index (χ2v) is 13.5. The smallest absolute Gasteiger partial charge is 0.192 e. The lowest BCUT2D eigenvalue weighted by Crippen LogP contribution is -2.50. The highest BCUT2D eigenvalue weighted by atomic mass is 28.4. The zero-order valence-electron chi connectivity index (χ0n) is 14.9. The van der Waals surface area contributed by atoms with Gasteiger partial charge in [-0.1, -0.05) is 20.8 Å². The molecular weight excluding hydrogens is 284 g/mol. The quantitative estimate of drug-likeness (QED) is 0.783. The summed E-state index contributed by atoms with van der Waals surface area (Å²) in [7, 11) is -1.99. The predicted octanol–water partition coefficient (Wildman–Crippen LogP) is 2.93. The maximum absolute atomic E-state index is 10.5. The van der Waals surface area contributed by atoms with E-state index >= 15 is 0 Å². The summed E-state index contributed by atoms with van der Waals surface area (Å²) < 4.78 is 12.5. The fourth-order valence-corrected chi connectivity index (χ4v) is 3.80. The first-order chi connectivity index (χ1) is 9.28. The average Bonchev–Trinajstić information content (AvgIpc) is 2.53. The molecule has 0 radical (unpaired) electrons. The summed E-state index contributed by atoms with van der Waals surface area (Å²) >= 11 is 0. The van der Waals surface area contributed by atoms with Crippen LogP contribution in [0.25, 0.3) is 0 Å². The summed E-state index contributed by atoms with van der Waals surface area (Å²) in [6, 6.07) is 0. The molecule has 1 saturated carbocycles. The third kappa shape index (κ3) is 4.76. The van der Waals surface area contributed by atoms with Crippen molar-refractivity contribution in [2.75, 3.05) is 6.61 Å². The Morgan fingerprint density at radius 1 is 1.10 bits per heavy atom. The van der Waals surface area contributed by atoms with Crippen molar-refractivity contribution in [2.45, 2.75) is 90.0 Å². The number of hydrogen-bond donors (Lipinski definition) is 2. The minimum absolute atomic E-state index is 0.0253. The van der Waals surface area contributed by atoms with Crippen LogP contribution in [0.4, 0.5) is 0 Å². The van der Waals surface area contributed by atoms with Crippen LogP contribution >= 0.6 is 0 Å². The SMILES string of the molecule is CC(C)(C)O[C@@H]1C[C@H](CO)[C@H](O)[C@H]1O[Si](C)(C)C(C)(C)C. The molecular formula is C16H34O4Si. The van der Waals surface area contributed by atoms with Crippen LogP contribution in [-0.4, -0.2) is 49.1 Å². The third-order valence-corrected chi connectivity index (χ3v) is 9.17. The van der Waals surface area contributed by atoms with E-state index in [1.54, 1.807) is 0 Å². The minimum Gasteiger partial charge on any atom is -0.409 e. The maximum Gasteiger partial charge on any atom is 0.192 e. The molecule has 0 spiro atoms. The van der Waals surface area contributed by atoms with Gasteiger partial charge in [0.15, 0.2) is 8.32 Å². The molecule has 0 unspecified atom stereocenters. The second kappa shape index (κ2) is 6.28. The van der Waals surface area contributed by atoms with Gasteiger partial charge in [-0.15, -0.1) is 0 Å². The number of aliphatic hydroxyl groups is 2. The van der Waals surface area contributed by atoms with Crippen molar-refractivity contribution in [3.05, 3.63) is 0 Å². The Labute approximate surface area is 131 Å².